The van der Waals surface area contributed by atoms with Gasteiger partial charge in [-0.05, 0) is 17.1 Å². The van der Waals surface area contributed by atoms with Gasteiger partial charge in [-0.2, -0.15) is 0 Å². The van der Waals surface area contributed by atoms with Gasteiger partial charge in [-0.1, -0.05) is 18.2 Å². The number of nitrogens with zero attached hydrogens (tertiary/aromatic N) is 2. The summed E-state index contributed by atoms with van der Waals surface area (Å²) in [6.07, 6.45) is 1.58. The molecule has 7 nitrogen and oxygen atoms in total. The van der Waals surface area contributed by atoms with Gasteiger partial charge < -0.3 is 14.9 Å². The Morgan fingerprint density at radius 2 is 2.05 bits per heavy atom. The van der Waals surface area contributed by atoms with Gasteiger partial charge in [0.2, 0.25) is 5.69 Å². The van der Waals surface area contributed by atoms with E-state index >= 15 is 0 Å². The lowest BCUT2D eigenvalue weighted by atomic mass is 10.0. The lowest BCUT2D eigenvalue weighted by Crippen LogP contribution is -2.01. The van der Waals surface area contributed by atoms with Gasteiger partial charge >= 0.3 is 11.8 Å². The van der Waals surface area contributed by atoms with Gasteiger partial charge in [-0.25, -0.2) is 9.78 Å². The number of para-hydroxylation sites is 1. The molecule has 0 aliphatic rings. The van der Waals surface area contributed by atoms with E-state index in [9.17, 15) is 14.9 Å². The van der Waals surface area contributed by atoms with E-state index in [0.717, 1.165) is 10.9 Å². The van der Waals surface area contributed by atoms with Crippen molar-refractivity contribution in [2.75, 3.05) is 7.11 Å². The van der Waals surface area contributed by atoms with E-state index in [1.54, 1.807) is 12.3 Å². The summed E-state index contributed by atoms with van der Waals surface area (Å²) in [5.41, 5.74) is 1.70. The first kappa shape index (κ1) is 13.7. The smallest absolute Gasteiger partial charge is 0.378 e. The molecule has 0 saturated heterocycles. The maximum absolute atomic E-state index is 11.6. The number of fused-ring (bicyclic) bond motifs is 1. The van der Waals surface area contributed by atoms with Crippen molar-refractivity contribution in [3.63, 3.8) is 0 Å². The number of methoxy groups -OCH3 is 1. The lowest BCUT2D eigenvalue weighted by molar-refractivity contribution is -0.388. The number of hydrogen-bond acceptors (Lipinski definition) is 5. The van der Waals surface area contributed by atoms with Crippen molar-refractivity contribution in [2.24, 2.45) is 0 Å². The van der Waals surface area contributed by atoms with Gasteiger partial charge in [-0.15, -0.1) is 0 Å². The molecule has 1 aromatic carbocycles. The van der Waals surface area contributed by atoms with Crippen LogP contribution < -0.4 is 0 Å². The van der Waals surface area contributed by atoms with E-state index < -0.39 is 10.9 Å². The van der Waals surface area contributed by atoms with Crippen molar-refractivity contribution < 1.29 is 14.5 Å². The quantitative estimate of drug-likeness (QED) is 0.455. The summed E-state index contributed by atoms with van der Waals surface area (Å²) < 4.78 is 4.60. The van der Waals surface area contributed by atoms with E-state index in [4.69, 9.17) is 0 Å². The zero-order valence-corrected chi connectivity index (χ0v) is 11.6. The minimum Gasteiger partial charge on any atom is -0.463 e. The van der Waals surface area contributed by atoms with Gasteiger partial charge in [0.05, 0.1) is 18.2 Å². The molecule has 110 valence electrons. The number of carbonyl (C=O) groups is 1. The van der Waals surface area contributed by atoms with E-state index in [0.29, 0.717) is 11.1 Å². The van der Waals surface area contributed by atoms with Gasteiger partial charge in [0.15, 0.2) is 0 Å². The van der Waals surface area contributed by atoms with Crippen LogP contribution in [0.1, 0.15) is 10.5 Å². The molecule has 0 radical (unpaired) electrons. The van der Waals surface area contributed by atoms with Crippen molar-refractivity contribution in [3.8, 4) is 11.1 Å². The molecule has 22 heavy (non-hydrogen) atoms. The molecule has 1 N–H and O–H groups in total. The highest BCUT2D eigenvalue weighted by molar-refractivity contribution is 5.99. The largest absolute Gasteiger partial charge is 0.463 e. The first-order valence-electron chi connectivity index (χ1n) is 6.41. The van der Waals surface area contributed by atoms with Crippen molar-refractivity contribution >= 4 is 22.7 Å². The Morgan fingerprint density at radius 1 is 1.27 bits per heavy atom. The van der Waals surface area contributed by atoms with Crippen LogP contribution in [0.5, 0.6) is 0 Å². The second-order valence-electron chi connectivity index (χ2n) is 4.57. The predicted molar refractivity (Wildman–Crippen MR) is 79.5 cm³/mol. The molecule has 7 heteroatoms. The molecule has 2 aromatic heterocycles. The summed E-state index contributed by atoms with van der Waals surface area (Å²) in [5.74, 6) is -0.913. The van der Waals surface area contributed by atoms with Crippen molar-refractivity contribution in [1.82, 2.24) is 9.97 Å². The molecular formula is C15H11N3O4. The van der Waals surface area contributed by atoms with Gasteiger partial charge in [0.1, 0.15) is 0 Å². The number of aromatic nitrogens is 2. The van der Waals surface area contributed by atoms with Crippen LogP contribution in [0.3, 0.4) is 0 Å². The molecule has 2 heterocycles. The summed E-state index contributed by atoms with van der Waals surface area (Å²) in [6.45, 7) is 0. The second-order valence-corrected chi connectivity index (χ2v) is 4.57. The number of benzene rings is 1. The Balaban J connectivity index is 2.28. The fourth-order valence-electron chi connectivity index (χ4n) is 2.34. The minimum atomic E-state index is -0.660. The fourth-order valence-corrected chi connectivity index (χ4v) is 2.34. The third kappa shape index (κ3) is 2.18. The Hall–Kier alpha value is -3.22. The first-order valence-corrected chi connectivity index (χ1v) is 6.41. The van der Waals surface area contributed by atoms with Crippen LogP contribution in [0.4, 0.5) is 5.82 Å². The SMILES string of the molecule is COC(=O)c1cc(-c2ccnc3ccccc23)c([N+](=O)[O-])[nH]1. The van der Waals surface area contributed by atoms with Gasteiger partial charge in [0, 0.05) is 23.2 Å². The molecule has 0 atom stereocenters. The van der Waals surface area contributed by atoms with Crippen LogP contribution >= 0.6 is 0 Å². The fraction of sp³-hybridized carbons (Fsp3) is 0.0667. The van der Waals surface area contributed by atoms with Gasteiger partial charge in [-0.3, -0.25) is 4.98 Å². The molecule has 3 aromatic rings. The van der Waals surface area contributed by atoms with E-state index in [1.165, 1.54) is 13.2 Å². The Kier molecular flexibility index (Phi) is 3.30. The molecule has 0 amide bonds. The van der Waals surface area contributed by atoms with Crippen LogP contribution in [-0.2, 0) is 4.74 Å². The summed E-state index contributed by atoms with van der Waals surface area (Å²) in [6, 6.07) is 10.4. The van der Waals surface area contributed by atoms with Crippen LogP contribution in [0.25, 0.3) is 22.0 Å². The zero-order valence-electron chi connectivity index (χ0n) is 11.6. The van der Waals surface area contributed by atoms with Crippen LogP contribution in [0, 0.1) is 10.1 Å². The molecule has 0 aliphatic carbocycles. The molecule has 3 rings (SSSR count). The lowest BCUT2D eigenvalue weighted by Gasteiger charge is -2.04. The highest BCUT2D eigenvalue weighted by Gasteiger charge is 2.24. The van der Waals surface area contributed by atoms with Crippen molar-refractivity contribution in [1.29, 1.82) is 0 Å². The number of ether oxygens (including phenoxy) is 1. The number of rotatable bonds is 3. The Labute approximate surface area is 124 Å². The maximum Gasteiger partial charge on any atom is 0.378 e. The topological polar surface area (TPSA) is 98.1 Å². The number of hydrogen-bond donors (Lipinski definition) is 1. The predicted octanol–water partition coefficient (Wildman–Crippen LogP) is 2.92. The van der Waals surface area contributed by atoms with Gasteiger partial charge in [0.25, 0.3) is 0 Å². The first-order chi connectivity index (χ1) is 10.6. The zero-order chi connectivity index (χ0) is 15.7. The molecule has 0 fully saturated rings. The third-order valence-electron chi connectivity index (χ3n) is 3.32. The van der Waals surface area contributed by atoms with Crippen LogP contribution in [-0.4, -0.2) is 28.0 Å². The number of nitro groups is 1. The molecule has 0 aliphatic heterocycles. The minimum absolute atomic E-state index is 0.0325. The molecule has 0 saturated carbocycles. The molecule has 0 spiro atoms. The van der Waals surface area contributed by atoms with Crippen molar-refractivity contribution in [3.05, 3.63) is 58.4 Å². The molecule has 0 unspecified atom stereocenters. The second kappa shape index (κ2) is 5.28. The highest BCUT2D eigenvalue weighted by atomic mass is 16.6. The maximum atomic E-state index is 11.6. The summed E-state index contributed by atoms with van der Waals surface area (Å²) in [4.78, 5) is 29.0. The van der Waals surface area contributed by atoms with E-state index in [2.05, 4.69) is 14.7 Å². The van der Waals surface area contributed by atoms with E-state index in [-0.39, 0.29) is 11.5 Å². The standard InChI is InChI=1S/C15H11N3O4/c1-22-15(19)13-8-11(14(17-13)18(20)21)9-6-7-16-12-5-3-2-4-10(9)12/h2-8,17H,1H3. The monoisotopic (exact) mass is 297 g/mol. The number of esters is 1. The Morgan fingerprint density at radius 3 is 2.77 bits per heavy atom. The highest BCUT2D eigenvalue weighted by Crippen LogP contribution is 2.34. The summed E-state index contributed by atoms with van der Waals surface area (Å²) in [5, 5.41) is 12.0. The summed E-state index contributed by atoms with van der Waals surface area (Å²) >= 11 is 0. The normalized spacial score (nSPS) is 10.6. The number of carbonyl (C=O) groups excluding carboxylic acids is 1. The van der Waals surface area contributed by atoms with Crippen molar-refractivity contribution in [2.45, 2.75) is 0 Å². The average molecular weight is 297 g/mol. The number of aromatic amines is 1. The number of nitrogens with one attached hydrogen (secondary N) is 1. The van der Waals surface area contributed by atoms with Crippen LogP contribution in [0.15, 0.2) is 42.6 Å². The average Bonchev–Trinajstić information content (AvgIpc) is 2.99. The number of pyridine rings is 1. The molecule has 0 bridgehead atoms. The number of H-pyrrole nitrogens is 1. The third-order valence-corrected chi connectivity index (χ3v) is 3.32. The summed E-state index contributed by atoms with van der Waals surface area (Å²) in [7, 11) is 1.22. The molecular weight excluding hydrogens is 286 g/mol. The Bertz CT molecular complexity index is 880. The van der Waals surface area contributed by atoms with Crippen LogP contribution in [0.2, 0.25) is 0 Å². The van der Waals surface area contributed by atoms with E-state index in [1.807, 2.05) is 24.3 Å².